The number of rotatable bonds is 4. The highest BCUT2D eigenvalue weighted by Crippen LogP contribution is 2.07. The molecule has 0 spiro atoms. The maximum Gasteiger partial charge on any atom is 0.0137 e. The molecule has 0 amide bonds. The summed E-state index contributed by atoms with van der Waals surface area (Å²) in [6.45, 7) is 7.74. The van der Waals surface area contributed by atoms with Crippen LogP contribution >= 0.6 is 0 Å². The summed E-state index contributed by atoms with van der Waals surface area (Å²) in [4.78, 5) is 0. The molecule has 0 saturated carbocycles. The predicted molar refractivity (Wildman–Crippen MR) is 53.3 cm³/mol. The van der Waals surface area contributed by atoms with Crippen LogP contribution in [0.25, 0.3) is 0 Å². The topological polar surface area (TPSA) is 24.1 Å². The molecule has 1 aliphatic heterocycles. The Morgan fingerprint density at radius 2 is 2.42 bits per heavy atom. The molecule has 1 aliphatic rings. The molecule has 0 aromatic carbocycles. The van der Waals surface area contributed by atoms with Gasteiger partial charge in [-0.2, -0.15) is 0 Å². The Kier molecular flexibility index (Phi) is 4.33. The first kappa shape index (κ1) is 9.75. The van der Waals surface area contributed by atoms with Crippen molar-refractivity contribution in [3.8, 4) is 0 Å². The van der Waals surface area contributed by atoms with Crippen molar-refractivity contribution in [1.82, 2.24) is 10.6 Å². The molecular formula is C10H20N2. The summed E-state index contributed by atoms with van der Waals surface area (Å²) < 4.78 is 0. The van der Waals surface area contributed by atoms with Crippen LogP contribution in [0.3, 0.4) is 0 Å². The molecule has 0 aromatic rings. The largest absolute Gasteiger partial charge is 0.314 e. The second kappa shape index (κ2) is 5.33. The summed E-state index contributed by atoms with van der Waals surface area (Å²) in [6.07, 6.45) is 4.78. The van der Waals surface area contributed by atoms with Gasteiger partial charge in [-0.25, -0.2) is 0 Å². The molecule has 0 unspecified atom stereocenters. The maximum atomic E-state index is 3.43. The molecule has 0 atom stereocenters. The number of hydrogen-bond donors (Lipinski definition) is 2. The quantitative estimate of drug-likeness (QED) is 0.618. The van der Waals surface area contributed by atoms with E-state index in [0.29, 0.717) is 6.04 Å². The fourth-order valence-corrected chi connectivity index (χ4v) is 1.42. The molecule has 0 bridgehead atoms. The molecule has 0 aliphatic carbocycles. The fraction of sp³-hybridized carbons (Fsp3) is 0.800. The zero-order valence-corrected chi connectivity index (χ0v) is 8.19. The van der Waals surface area contributed by atoms with Gasteiger partial charge in [0.25, 0.3) is 0 Å². The maximum absolute atomic E-state index is 3.43. The minimum Gasteiger partial charge on any atom is -0.314 e. The van der Waals surface area contributed by atoms with E-state index in [1.54, 1.807) is 5.57 Å². The van der Waals surface area contributed by atoms with Crippen molar-refractivity contribution in [1.29, 1.82) is 0 Å². The Labute approximate surface area is 75.4 Å². The minimum absolute atomic E-state index is 0.618. The summed E-state index contributed by atoms with van der Waals surface area (Å²) in [7, 11) is 0. The number of nitrogens with one attached hydrogen (secondary N) is 2. The Morgan fingerprint density at radius 1 is 1.58 bits per heavy atom. The average Bonchev–Trinajstić information content (AvgIpc) is 2.05. The zero-order valence-electron chi connectivity index (χ0n) is 8.19. The molecule has 0 radical (unpaired) electrons. The fourth-order valence-electron chi connectivity index (χ4n) is 1.42. The summed E-state index contributed by atoms with van der Waals surface area (Å²) in [5.74, 6) is 0. The third-order valence-corrected chi connectivity index (χ3v) is 2.16. The van der Waals surface area contributed by atoms with Crippen LogP contribution in [0.2, 0.25) is 0 Å². The van der Waals surface area contributed by atoms with Gasteiger partial charge in [0.2, 0.25) is 0 Å². The van der Waals surface area contributed by atoms with Gasteiger partial charge in [-0.1, -0.05) is 25.5 Å². The van der Waals surface area contributed by atoms with E-state index < -0.39 is 0 Å². The van der Waals surface area contributed by atoms with Gasteiger partial charge in [0.15, 0.2) is 0 Å². The van der Waals surface area contributed by atoms with Crippen LogP contribution in [0.1, 0.15) is 26.7 Å². The van der Waals surface area contributed by atoms with Crippen LogP contribution in [0, 0.1) is 0 Å². The van der Waals surface area contributed by atoms with Crippen LogP contribution in [-0.4, -0.2) is 25.7 Å². The summed E-state index contributed by atoms with van der Waals surface area (Å²) in [5.41, 5.74) is 1.61. The van der Waals surface area contributed by atoms with Crippen LogP contribution in [0.4, 0.5) is 0 Å². The van der Waals surface area contributed by atoms with E-state index in [4.69, 9.17) is 0 Å². The first-order chi connectivity index (χ1) is 5.79. The van der Waals surface area contributed by atoms with Gasteiger partial charge in [0.1, 0.15) is 0 Å². The predicted octanol–water partition coefficient (Wildman–Crippen LogP) is 1.29. The van der Waals surface area contributed by atoms with E-state index in [2.05, 4.69) is 30.6 Å². The molecule has 0 aromatic heterocycles. The second-order valence-corrected chi connectivity index (χ2v) is 3.68. The van der Waals surface area contributed by atoms with Gasteiger partial charge in [0.05, 0.1) is 0 Å². The van der Waals surface area contributed by atoms with Crippen molar-refractivity contribution in [3.63, 3.8) is 0 Å². The van der Waals surface area contributed by atoms with Gasteiger partial charge >= 0.3 is 0 Å². The molecule has 2 N–H and O–H groups in total. The van der Waals surface area contributed by atoms with Crippen molar-refractivity contribution in [2.45, 2.75) is 32.7 Å². The van der Waals surface area contributed by atoms with Crippen molar-refractivity contribution in [2.24, 2.45) is 0 Å². The van der Waals surface area contributed by atoms with Crippen molar-refractivity contribution in [3.05, 3.63) is 11.6 Å². The summed E-state index contributed by atoms with van der Waals surface area (Å²) in [6, 6.07) is 0.618. The van der Waals surface area contributed by atoms with Gasteiger partial charge in [-0.15, -0.1) is 0 Å². The van der Waals surface area contributed by atoms with E-state index in [1.807, 2.05) is 0 Å². The third kappa shape index (κ3) is 3.88. The molecule has 0 fully saturated rings. The normalized spacial score (nSPS) is 18.1. The monoisotopic (exact) mass is 168 g/mol. The molecule has 2 nitrogen and oxygen atoms in total. The second-order valence-electron chi connectivity index (χ2n) is 3.68. The highest BCUT2D eigenvalue weighted by atomic mass is 14.9. The van der Waals surface area contributed by atoms with Gasteiger partial charge < -0.3 is 10.6 Å². The van der Waals surface area contributed by atoms with Crippen molar-refractivity contribution >= 4 is 0 Å². The Morgan fingerprint density at radius 3 is 3.00 bits per heavy atom. The van der Waals surface area contributed by atoms with Crippen LogP contribution in [0.5, 0.6) is 0 Å². The van der Waals surface area contributed by atoms with Gasteiger partial charge in [-0.05, 0) is 25.9 Å². The lowest BCUT2D eigenvalue weighted by Gasteiger charge is -2.15. The molecule has 0 saturated heterocycles. The Balaban J connectivity index is 2.09. The van der Waals surface area contributed by atoms with E-state index in [1.165, 1.54) is 12.8 Å². The third-order valence-electron chi connectivity index (χ3n) is 2.16. The Hall–Kier alpha value is -0.340. The standard InChI is InChI=1S/C10H20N2/c1-9(2)12-8-5-10-3-6-11-7-4-10/h3,9,11-12H,4-8H2,1-2H3. The van der Waals surface area contributed by atoms with Gasteiger partial charge in [0, 0.05) is 12.6 Å². The van der Waals surface area contributed by atoms with Crippen molar-refractivity contribution < 1.29 is 0 Å². The summed E-state index contributed by atoms with van der Waals surface area (Å²) >= 11 is 0. The minimum atomic E-state index is 0.618. The Bertz CT molecular complexity index is 150. The first-order valence-corrected chi connectivity index (χ1v) is 4.91. The van der Waals surface area contributed by atoms with Crippen molar-refractivity contribution in [2.75, 3.05) is 19.6 Å². The highest BCUT2D eigenvalue weighted by Gasteiger charge is 2.02. The molecule has 1 heterocycles. The average molecular weight is 168 g/mol. The molecular weight excluding hydrogens is 148 g/mol. The first-order valence-electron chi connectivity index (χ1n) is 4.91. The highest BCUT2D eigenvalue weighted by molar-refractivity contribution is 5.06. The lowest BCUT2D eigenvalue weighted by Crippen LogP contribution is -2.26. The smallest absolute Gasteiger partial charge is 0.0137 e. The summed E-state index contributed by atoms with van der Waals surface area (Å²) in [5, 5.41) is 6.75. The lowest BCUT2D eigenvalue weighted by molar-refractivity contribution is 0.575. The molecule has 2 heteroatoms. The van der Waals surface area contributed by atoms with Gasteiger partial charge in [-0.3, -0.25) is 0 Å². The number of hydrogen-bond acceptors (Lipinski definition) is 2. The lowest BCUT2D eigenvalue weighted by atomic mass is 10.1. The van der Waals surface area contributed by atoms with E-state index in [0.717, 1.165) is 19.6 Å². The van der Waals surface area contributed by atoms with Crippen LogP contribution in [0.15, 0.2) is 11.6 Å². The zero-order chi connectivity index (χ0) is 8.81. The molecule has 12 heavy (non-hydrogen) atoms. The van der Waals surface area contributed by atoms with Crippen LogP contribution < -0.4 is 10.6 Å². The molecule has 1 rings (SSSR count). The van der Waals surface area contributed by atoms with E-state index in [9.17, 15) is 0 Å². The van der Waals surface area contributed by atoms with E-state index >= 15 is 0 Å². The molecule has 70 valence electrons. The van der Waals surface area contributed by atoms with E-state index in [-0.39, 0.29) is 0 Å². The SMILES string of the molecule is CC(C)NCCC1=CCNCC1. The van der Waals surface area contributed by atoms with Crippen LogP contribution in [-0.2, 0) is 0 Å².